The van der Waals surface area contributed by atoms with E-state index in [1.54, 1.807) is 5.38 Å². The second kappa shape index (κ2) is 6.16. The molecule has 1 aliphatic heterocycles. The van der Waals surface area contributed by atoms with Crippen LogP contribution >= 0.6 is 22.9 Å². The molecule has 0 saturated carbocycles. The van der Waals surface area contributed by atoms with E-state index in [0.717, 1.165) is 4.88 Å². The van der Waals surface area contributed by atoms with Crippen LogP contribution in [-0.2, 0) is 11.3 Å². The summed E-state index contributed by atoms with van der Waals surface area (Å²) in [6, 6.07) is 1.81. The second-order valence-electron chi connectivity index (χ2n) is 5.27. The maximum atomic E-state index is 13.7. The summed E-state index contributed by atoms with van der Waals surface area (Å²) in [7, 11) is 0. The van der Waals surface area contributed by atoms with Crippen molar-refractivity contribution in [3.8, 4) is 0 Å². The monoisotopic (exact) mass is 339 g/mol. The van der Waals surface area contributed by atoms with Gasteiger partial charge in [-0.3, -0.25) is 4.90 Å². The minimum absolute atomic E-state index is 0.217. The minimum atomic E-state index is -4.13. The van der Waals surface area contributed by atoms with E-state index >= 15 is 0 Å². The molecular weight excluding hydrogens is 324 g/mol. The van der Waals surface area contributed by atoms with Crippen molar-refractivity contribution in [1.82, 2.24) is 4.90 Å². The summed E-state index contributed by atoms with van der Waals surface area (Å²) in [6.45, 7) is 1.31. The molecule has 2 N–H and O–H groups in total. The summed E-state index contributed by atoms with van der Waals surface area (Å²) in [6.07, 6.45) is -0.183. The fourth-order valence-corrected chi connectivity index (χ4v) is 3.62. The number of aliphatic carboxylic acids is 1. The zero-order valence-corrected chi connectivity index (χ0v) is 12.8. The van der Waals surface area contributed by atoms with E-state index in [-0.39, 0.29) is 19.4 Å². The summed E-state index contributed by atoms with van der Waals surface area (Å²) in [5.74, 6) is -6.40. The molecule has 1 aromatic heterocycles. The van der Waals surface area contributed by atoms with Gasteiger partial charge in [-0.25, -0.2) is 4.79 Å². The number of alkyl halides is 2. The molecular formula is C13H16ClF2NO3S. The number of carboxylic acids is 1. The maximum Gasteiger partial charge on any atom is 0.377 e. The number of likely N-dealkylation sites (tertiary alicyclic amines) is 1. The fourth-order valence-electron chi connectivity index (χ4n) is 2.50. The summed E-state index contributed by atoms with van der Waals surface area (Å²) in [5, 5.41) is 21.1. The molecule has 1 unspecified atom stereocenters. The predicted molar refractivity (Wildman–Crippen MR) is 76.0 cm³/mol. The number of hydrogen-bond donors (Lipinski definition) is 2. The van der Waals surface area contributed by atoms with Gasteiger partial charge in [0, 0.05) is 23.3 Å². The van der Waals surface area contributed by atoms with Crippen LogP contribution in [0.15, 0.2) is 11.4 Å². The molecule has 8 heteroatoms. The van der Waals surface area contributed by atoms with E-state index in [0.29, 0.717) is 24.5 Å². The Hall–Kier alpha value is -0.760. The van der Waals surface area contributed by atoms with Gasteiger partial charge in [0.2, 0.25) is 0 Å². The van der Waals surface area contributed by atoms with Crippen molar-refractivity contribution in [3.63, 3.8) is 0 Å². The molecule has 1 atom stereocenters. The van der Waals surface area contributed by atoms with Gasteiger partial charge in [-0.05, 0) is 31.9 Å². The number of nitrogens with zero attached hydrogens (tertiary/aromatic N) is 1. The zero-order valence-electron chi connectivity index (χ0n) is 11.2. The highest BCUT2D eigenvalue weighted by molar-refractivity contribution is 7.10. The average Bonchev–Trinajstić information content (AvgIpc) is 2.70. The third kappa shape index (κ3) is 3.53. The highest BCUT2D eigenvalue weighted by Gasteiger charge is 2.58. The number of hydrogen-bond acceptors (Lipinski definition) is 4. The first-order valence-corrected chi connectivity index (χ1v) is 7.79. The Morgan fingerprint density at radius 2 is 2.19 bits per heavy atom. The van der Waals surface area contributed by atoms with Gasteiger partial charge in [-0.1, -0.05) is 11.6 Å². The summed E-state index contributed by atoms with van der Waals surface area (Å²) >= 11 is 7.32. The van der Waals surface area contributed by atoms with Gasteiger partial charge < -0.3 is 10.2 Å². The Balaban J connectivity index is 2.03. The largest absolute Gasteiger partial charge is 0.477 e. The van der Waals surface area contributed by atoms with Crippen molar-refractivity contribution >= 4 is 28.9 Å². The molecule has 0 aromatic carbocycles. The summed E-state index contributed by atoms with van der Waals surface area (Å²) < 4.78 is 27.3. The van der Waals surface area contributed by atoms with Gasteiger partial charge in [0.05, 0.1) is 5.02 Å². The Morgan fingerprint density at radius 3 is 2.76 bits per heavy atom. The normalized spacial score (nSPS) is 24.8. The van der Waals surface area contributed by atoms with Gasteiger partial charge in [-0.2, -0.15) is 8.78 Å². The molecule has 1 aliphatic rings. The third-order valence-electron chi connectivity index (χ3n) is 3.76. The van der Waals surface area contributed by atoms with Crippen LogP contribution in [0.2, 0.25) is 5.02 Å². The van der Waals surface area contributed by atoms with E-state index in [4.69, 9.17) is 16.7 Å². The Bertz CT molecular complexity index is 525. The average molecular weight is 340 g/mol. The van der Waals surface area contributed by atoms with Gasteiger partial charge in [0.25, 0.3) is 0 Å². The molecule has 0 bridgehead atoms. The highest BCUT2D eigenvalue weighted by atomic mass is 35.5. The maximum absolute atomic E-state index is 13.7. The lowest BCUT2D eigenvalue weighted by Crippen LogP contribution is -2.53. The van der Waals surface area contributed by atoms with Crippen LogP contribution in [0.1, 0.15) is 24.1 Å². The zero-order chi connectivity index (χ0) is 15.7. The first-order chi connectivity index (χ1) is 9.74. The standard InChI is InChI=1S/C13H16ClF2NO3S/c14-9-6-10(21-8-9)7-17-4-1-2-12(20,3-5-17)13(15,16)11(18)19/h6,8,20H,1-5,7H2,(H,18,19). The topological polar surface area (TPSA) is 60.8 Å². The Kier molecular flexibility index (Phi) is 4.87. The lowest BCUT2D eigenvalue weighted by Gasteiger charge is -2.32. The van der Waals surface area contributed by atoms with Crippen molar-refractivity contribution in [3.05, 3.63) is 21.3 Å². The van der Waals surface area contributed by atoms with E-state index in [1.165, 1.54) is 11.3 Å². The highest BCUT2D eigenvalue weighted by Crippen LogP contribution is 2.38. The van der Waals surface area contributed by atoms with E-state index in [2.05, 4.69) is 0 Å². The predicted octanol–water partition coefficient (Wildman–Crippen LogP) is 2.84. The van der Waals surface area contributed by atoms with Gasteiger partial charge in [0.15, 0.2) is 0 Å². The first kappa shape index (κ1) is 16.6. The Morgan fingerprint density at radius 1 is 1.48 bits per heavy atom. The summed E-state index contributed by atoms with van der Waals surface area (Å²) in [4.78, 5) is 13.6. The molecule has 0 amide bonds. The van der Waals surface area contributed by atoms with Gasteiger partial charge in [-0.15, -0.1) is 11.3 Å². The second-order valence-corrected chi connectivity index (χ2v) is 6.70. The van der Waals surface area contributed by atoms with Crippen molar-refractivity contribution in [2.24, 2.45) is 0 Å². The first-order valence-electron chi connectivity index (χ1n) is 6.53. The molecule has 4 nitrogen and oxygen atoms in total. The number of halogens is 3. The number of aliphatic hydroxyl groups is 1. The third-order valence-corrected chi connectivity index (χ3v) is 5.03. The molecule has 2 rings (SSSR count). The molecule has 21 heavy (non-hydrogen) atoms. The molecule has 2 heterocycles. The lowest BCUT2D eigenvalue weighted by molar-refractivity contribution is -0.211. The lowest BCUT2D eigenvalue weighted by atomic mass is 9.88. The molecule has 1 fully saturated rings. The SMILES string of the molecule is O=C(O)C(F)(F)C1(O)CCCN(Cc2cc(Cl)cs2)CC1. The van der Waals surface area contributed by atoms with Crippen LogP contribution in [0.4, 0.5) is 8.78 Å². The number of carboxylic acid groups (broad SMARTS) is 1. The van der Waals surface area contributed by atoms with Crippen LogP contribution in [0, 0.1) is 0 Å². The molecule has 1 aromatic rings. The van der Waals surface area contributed by atoms with Crippen molar-refractivity contribution in [2.75, 3.05) is 13.1 Å². The van der Waals surface area contributed by atoms with Crippen LogP contribution in [0.25, 0.3) is 0 Å². The van der Waals surface area contributed by atoms with Crippen molar-refractivity contribution in [1.29, 1.82) is 0 Å². The molecule has 0 spiro atoms. The molecule has 1 saturated heterocycles. The van der Waals surface area contributed by atoms with Crippen LogP contribution in [-0.4, -0.2) is 45.7 Å². The van der Waals surface area contributed by atoms with Crippen LogP contribution < -0.4 is 0 Å². The minimum Gasteiger partial charge on any atom is -0.477 e. The van der Waals surface area contributed by atoms with E-state index in [9.17, 15) is 18.7 Å². The van der Waals surface area contributed by atoms with Crippen molar-refractivity contribution < 1.29 is 23.8 Å². The van der Waals surface area contributed by atoms with Crippen molar-refractivity contribution in [2.45, 2.75) is 37.3 Å². The fraction of sp³-hybridized carbons (Fsp3) is 0.615. The van der Waals surface area contributed by atoms with Gasteiger partial charge >= 0.3 is 11.9 Å². The number of thiophene rings is 1. The quantitative estimate of drug-likeness (QED) is 0.885. The Labute approximate surface area is 129 Å². The van der Waals surface area contributed by atoms with E-state index in [1.807, 2.05) is 11.0 Å². The number of carbonyl (C=O) groups is 1. The van der Waals surface area contributed by atoms with Crippen LogP contribution in [0.3, 0.4) is 0 Å². The number of rotatable bonds is 4. The van der Waals surface area contributed by atoms with Crippen LogP contribution in [0.5, 0.6) is 0 Å². The molecule has 118 valence electrons. The smallest absolute Gasteiger partial charge is 0.377 e. The van der Waals surface area contributed by atoms with E-state index < -0.39 is 17.5 Å². The van der Waals surface area contributed by atoms with Gasteiger partial charge in [0.1, 0.15) is 5.60 Å². The molecule has 0 radical (unpaired) electrons. The molecule has 0 aliphatic carbocycles. The summed E-state index contributed by atoms with van der Waals surface area (Å²) in [5.41, 5.74) is -2.49.